The van der Waals surface area contributed by atoms with Gasteiger partial charge in [0.05, 0.1) is 11.0 Å². The summed E-state index contributed by atoms with van der Waals surface area (Å²) in [4.78, 5) is 7.44. The van der Waals surface area contributed by atoms with Gasteiger partial charge in [0.25, 0.3) is 0 Å². The zero-order chi connectivity index (χ0) is 18.3. The lowest BCUT2D eigenvalue weighted by molar-refractivity contribution is 0.224. The maximum atomic E-state index is 5.02. The number of para-hydroxylation sites is 2. The zero-order valence-corrected chi connectivity index (χ0v) is 16.4. The van der Waals surface area contributed by atoms with Crippen LogP contribution in [0.3, 0.4) is 0 Å². The molecule has 1 fully saturated rings. The highest BCUT2D eigenvalue weighted by molar-refractivity contribution is 5.81. The minimum atomic E-state index is 0.173. The number of aromatic nitrogens is 2. The number of fused-ring (bicyclic) bond motifs is 1. The highest BCUT2D eigenvalue weighted by atomic mass is 15.2. The fourth-order valence-corrected chi connectivity index (χ4v) is 3.99. The SMILES string of the molecule is CN1CCC(n2c(-c3ccc(C(C)(C)C)cc3)nc3ccccc32)CC1. The summed E-state index contributed by atoms with van der Waals surface area (Å²) in [6.45, 7) is 9.08. The number of piperidine rings is 1. The highest BCUT2D eigenvalue weighted by Gasteiger charge is 2.24. The molecule has 0 N–H and O–H groups in total. The maximum Gasteiger partial charge on any atom is 0.141 e. The molecule has 3 heteroatoms. The molecule has 0 amide bonds. The van der Waals surface area contributed by atoms with Crippen LogP contribution in [0.4, 0.5) is 0 Å². The third kappa shape index (κ3) is 3.16. The number of nitrogens with zero attached hydrogens (tertiary/aromatic N) is 3. The summed E-state index contributed by atoms with van der Waals surface area (Å²) in [6, 6.07) is 18.1. The molecule has 0 radical (unpaired) electrons. The quantitative estimate of drug-likeness (QED) is 0.630. The Morgan fingerprint density at radius 2 is 1.58 bits per heavy atom. The number of benzene rings is 2. The molecule has 26 heavy (non-hydrogen) atoms. The second-order valence-electron chi connectivity index (χ2n) is 8.66. The molecule has 136 valence electrons. The van der Waals surface area contributed by atoms with Crippen LogP contribution >= 0.6 is 0 Å². The topological polar surface area (TPSA) is 21.1 Å². The lowest BCUT2D eigenvalue weighted by Crippen LogP contribution is -2.31. The van der Waals surface area contributed by atoms with Crippen molar-refractivity contribution in [2.24, 2.45) is 0 Å². The number of likely N-dealkylation sites (tertiary alicyclic amines) is 1. The average molecular weight is 348 g/mol. The smallest absolute Gasteiger partial charge is 0.141 e. The fourth-order valence-electron chi connectivity index (χ4n) is 3.99. The van der Waals surface area contributed by atoms with E-state index in [0.717, 1.165) is 24.4 Å². The third-order valence-corrected chi connectivity index (χ3v) is 5.66. The lowest BCUT2D eigenvalue weighted by atomic mass is 9.86. The molecule has 1 saturated heterocycles. The minimum Gasteiger partial charge on any atom is -0.321 e. The van der Waals surface area contributed by atoms with Gasteiger partial charge in [-0.05, 0) is 56.1 Å². The van der Waals surface area contributed by atoms with Gasteiger partial charge in [0.15, 0.2) is 0 Å². The van der Waals surface area contributed by atoms with E-state index in [1.54, 1.807) is 0 Å². The number of hydrogen-bond acceptors (Lipinski definition) is 2. The number of rotatable bonds is 2. The van der Waals surface area contributed by atoms with Crippen LogP contribution in [-0.4, -0.2) is 34.6 Å². The molecule has 3 nitrogen and oxygen atoms in total. The molecule has 0 bridgehead atoms. The molecule has 1 aromatic heterocycles. The summed E-state index contributed by atoms with van der Waals surface area (Å²) in [5, 5.41) is 0. The van der Waals surface area contributed by atoms with Crippen LogP contribution in [0.25, 0.3) is 22.4 Å². The van der Waals surface area contributed by atoms with Crippen molar-refractivity contribution in [3.8, 4) is 11.4 Å². The van der Waals surface area contributed by atoms with Crippen LogP contribution in [0.15, 0.2) is 48.5 Å². The van der Waals surface area contributed by atoms with Gasteiger partial charge in [-0.2, -0.15) is 0 Å². The predicted molar refractivity (Wildman–Crippen MR) is 110 cm³/mol. The molecular formula is C23H29N3. The van der Waals surface area contributed by atoms with E-state index in [1.807, 2.05) is 0 Å². The number of imidazole rings is 1. The molecule has 0 atom stereocenters. The van der Waals surface area contributed by atoms with Crippen molar-refractivity contribution < 1.29 is 0 Å². The van der Waals surface area contributed by atoms with Gasteiger partial charge in [-0.3, -0.25) is 0 Å². The molecule has 3 aromatic rings. The van der Waals surface area contributed by atoms with E-state index >= 15 is 0 Å². The first kappa shape index (κ1) is 17.3. The van der Waals surface area contributed by atoms with Gasteiger partial charge in [-0.1, -0.05) is 57.2 Å². The predicted octanol–water partition coefficient (Wildman–Crippen LogP) is 5.27. The molecule has 0 saturated carbocycles. The van der Waals surface area contributed by atoms with Crippen molar-refractivity contribution >= 4 is 11.0 Å². The monoisotopic (exact) mass is 347 g/mol. The second kappa shape index (κ2) is 6.55. The summed E-state index contributed by atoms with van der Waals surface area (Å²) in [7, 11) is 2.22. The summed E-state index contributed by atoms with van der Waals surface area (Å²) >= 11 is 0. The van der Waals surface area contributed by atoms with E-state index in [1.165, 1.54) is 29.5 Å². The molecule has 0 aliphatic carbocycles. The Kier molecular flexibility index (Phi) is 4.36. The third-order valence-electron chi connectivity index (χ3n) is 5.66. The van der Waals surface area contributed by atoms with Gasteiger partial charge in [0.2, 0.25) is 0 Å². The van der Waals surface area contributed by atoms with E-state index in [4.69, 9.17) is 4.98 Å². The lowest BCUT2D eigenvalue weighted by Gasteiger charge is -2.31. The van der Waals surface area contributed by atoms with Gasteiger partial charge in [0, 0.05) is 11.6 Å². The van der Waals surface area contributed by atoms with Gasteiger partial charge in [-0.25, -0.2) is 4.98 Å². The van der Waals surface area contributed by atoms with Crippen molar-refractivity contribution in [3.63, 3.8) is 0 Å². The average Bonchev–Trinajstić information content (AvgIpc) is 3.01. The molecule has 4 rings (SSSR count). The Morgan fingerprint density at radius 1 is 0.923 bits per heavy atom. The number of hydrogen-bond donors (Lipinski definition) is 0. The molecule has 0 spiro atoms. The first-order chi connectivity index (χ1) is 12.4. The van der Waals surface area contributed by atoms with Crippen molar-refractivity contribution in [1.82, 2.24) is 14.5 Å². The standard InChI is InChI=1S/C23H29N3/c1-23(2,3)18-11-9-17(10-12-18)22-24-20-7-5-6-8-21(20)26(22)19-13-15-25(4)16-14-19/h5-12,19H,13-16H2,1-4H3. The Labute approximate surface area is 156 Å². The summed E-state index contributed by atoms with van der Waals surface area (Å²) in [6.07, 6.45) is 2.37. The Balaban J connectivity index is 1.80. The molecule has 1 aliphatic heterocycles. The van der Waals surface area contributed by atoms with Gasteiger partial charge >= 0.3 is 0 Å². The van der Waals surface area contributed by atoms with Crippen molar-refractivity contribution in [1.29, 1.82) is 0 Å². The van der Waals surface area contributed by atoms with Crippen LogP contribution in [-0.2, 0) is 5.41 Å². The van der Waals surface area contributed by atoms with Crippen LogP contribution in [0, 0.1) is 0 Å². The fraction of sp³-hybridized carbons (Fsp3) is 0.435. The van der Waals surface area contributed by atoms with E-state index in [9.17, 15) is 0 Å². The molecular weight excluding hydrogens is 318 g/mol. The van der Waals surface area contributed by atoms with Gasteiger partial charge in [-0.15, -0.1) is 0 Å². The van der Waals surface area contributed by atoms with Gasteiger partial charge < -0.3 is 9.47 Å². The summed E-state index contributed by atoms with van der Waals surface area (Å²) in [5.41, 5.74) is 5.11. The molecule has 2 heterocycles. The first-order valence-corrected chi connectivity index (χ1v) is 9.70. The van der Waals surface area contributed by atoms with Crippen LogP contribution in [0.2, 0.25) is 0 Å². The largest absolute Gasteiger partial charge is 0.321 e. The van der Waals surface area contributed by atoms with E-state index < -0.39 is 0 Å². The van der Waals surface area contributed by atoms with Crippen LogP contribution in [0.5, 0.6) is 0 Å². The maximum absolute atomic E-state index is 5.02. The molecule has 2 aromatic carbocycles. The van der Waals surface area contributed by atoms with E-state index in [0.29, 0.717) is 6.04 Å². The van der Waals surface area contributed by atoms with E-state index in [-0.39, 0.29) is 5.41 Å². The summed E-state index contributed by atoms with van der Waals surface area (Å²) < 4.78 is 2.49. The van der Waals surface area contributed by atoms with E-state index in [2.05, 4.69) is 85.8 Å². The normalized spacial score (nSPS) is 17.1. The minimum absolute atomic E-state index is 0.173. The molecule has 0 unspecified atom stereocenters. The molecule has 1 aliphatic rings. The zero-order valence-electron chi connectivity index (χ0n) is 16.4. The van der Waals surface area contributed by atoms with Crippen molar-refractivity contribution in [3.05, 3.63) is 54.1 Å². The van der Waals surface area contributed by atoms with Crippen molar-refractivity contribution in [2.45, 2.75) is 45.1 Å². The second-order valence-corrected chi connectivity index (χ2v) is 8.66. The Bertz CT molecular complexity index is 891. The summed E-state index contributed by atoms with van der Waals surface area (Å²) in [5.74, 6) is 1.11. The van der Waals surface area contributed by atoms with Crippen molar-refractivity contribution in [2.75, 3.05) is 20.1 Å². The first-order valence-electron chi connectivity index (χ1n) is 9.70. The van der Waals surface area contributed by atoms with Gasteiger partial charge in [0.1, 0.15) is 5.82 Å². The van der Waals surface area contributed by atoms with Crippen LogP contribution in [0.1, 0.15) is 45.2 Å². The van der Waals surface area contributed by atoms with Crippen LogP contribution < -0.4 is 0 Å². The highest BCUT2D eigenvalue weighted by Crippen LogP contribution is 2.34. The Hall–Kier alpha value is -2.13. The Morgan fingerprint density at radius 3 is 2.23 bits per heavy atom.